The molecular weight excluding hydrogens is 304 g/mol. The van der Waals surface area contributed by atoms with Crippen LogP contribution in [0, 0.1) is 0 Å². The summed E-state index contributed by atoms with van der Waals surface area (Å²) >= 11 is 0. The van der Waals surface area contributed by atoms with Crippen LogP contribution in [0.4, 0.5) is 5.69 Å². The van der Waals surface area contributed by atoms with Gasteiger partial charge in [-0.2, -0.15) is 0 Å². The van der Waals surface area contributed by atoms with Gasteiger partial charge in [0.1, 0.15) is 11.5 Å². The highest BCUT2D eigenvalue weighted by Gasteiger charge is 2.09. The number of carbonyl (C=O) groups is 1. The second-order valence-electron chi connectivity index (χ2n) is 5.58. The van der Waals surface area contributed by atoms with Crippen molar-refractivity contribution in [3.63, 3.8) is 0 Å². The predicted molar refractivity (Wildman–Crippen MR) is 95.8 cm³/mol. The van der Waals surface area contributed by atoms with Gasteiger partial charge in [0.05, 0.1) is 26.5 Å². The molecule has 1 atom stereocenters. The van der Waals surface area contributed by atoms with Crippen LogP contribution in [0.15, 0.2) is 48.5 Å². The van der Waals surface area contributed by atoms with E-state index in [2.05, 4.69) is 10.6 Å². The van der Waals surface area contributed by atoms with Gasteiger partial charge >= 0.3 is 0 Å². The van der Waals surface area contributed by atoms with Crippen molar-refractivity contribution in [2.24, 2.45) is 0 Å². The standard InChI is InChI=1S/C19H24N2O3/c1-14(11-15-7-6-8-16(12-15)23-2)21-19(22)13-20-17-9-4-5-10-18(17)24-3/h4-10,12,14,20H,11,13H2,1-3H3,(H,21,22)/t14-/m0/s1. The maximum absolute atomic E-state index is 12.1. The maximum Gasteiger partial charge on any atom is 0.239 e. The van der Waals surface area contributed by atoms with Crippen LogP contribution in [-0.4, -0.2) is 32.7 Å². The molecule has 0 saturated heterocycles. The van der Waals surface area contributed by atoms with E-state index < -0.39 is 0 Å². The van der Waals surface area contributed by atoms with Gasteiger partial charge in [0.15, 0.2) is 0 Å². The Morgan fingerprint density at radius 1 is 1.08 bits per heavy atom. The van der Waals surface area contributed by atoms with E-state index in [1.165, 1.54) is 0 Å². The number of para-hydroxylation sites is 2. The van der Waals surface area contributed by atoms with E-state index in [9.17, 15) is 4.79 Å². The molecule has 128 valence electrons. The zero-order valence-corrected chi connectivity index (χ0v) is 14.3. The largest absolute Gasteiger partial charge is 0.497 e. The number of anilines is 1. The molecule has 0 fully saturated rings. The van der Waals surface area contributed by atoms with Crippen molar-refractivity contribution in [2.75, 3.05) is 26.1 Å². The molecule has 0 aliphatic heterocycles. The molecule has 0 aliphatic rings. The van der Waals surface area contributed by atoms with Crippen LogP contribution < -0.4 is 20.1 Å². The van der Waals surface area contributed by atoms with E-state index in [1.54, 1.807) is 14.2 Å². The van der Waals surface area contributed by atoms with Crippen LogP contribution in [-0.2, 0) is 11.2 Å². The molecule has 2 aromatic carbocycles. The van der Waals surface area contributed by atoms with Crippen LogP contribution in [0.1, 0.15) is 12.5 Å². The van der Waals surface area contributed by atoms with Gasteiger partial charge in [-0.15, -0.1) is 0 Å². The fourth-order valence-corrected chi connectivity index (χ4v) is 2.50. The van der Waals surface area contributed by atoms with Gasteiger partial charge in [0, 0.05) is 6.04 Å². The molecule has 2 rings (SSSR count). The summed E-state index contributed by atoms with van der Waals surface area (Å²) in [7, 11) is 3.25. The molecule has 0 unspecified atom stereocenters. The van der Waals surface area contributed by atoms with Crippen molar-refractivity contribution >= 4 is 11.6 Å². The Balaban J connectivity index is 1.83. The minimum atomic E-state index is -0.0590. The first-order valence-electron chi connectivity index (χ1n) is 7.91. The Hall–Kier alpha value is -2.69. The quantitative estimate of drug-likeness (QED) is 0.782. The minimum absolute atomic E-state index is 0.0316. The van der Waals surface area contributed by atoms with E-state index in [-0.39, 0.29) is 18.5 Å². The summed E-state index contributed by atoms with van der Waals surface area (Å²) in [6, 6.07) is 15.4. The van der Waals surface area contributed by atoms with Crippen LogP contribution in [0.2, 0.25) is 0 Å². The van der Waals surface area contributed by atoms with Crippen molar-refractivity contribution < 1.29 is 14.3 Å². The average molecular weight is 328 g/mol. The summed E-state index contributed by atoms with van der Waals surface area (Å²) in [6.07, 6.45) is 0.748. The Kier molecular flexibility index (Phi) is 6.49. The Bertz CT molecular complexity index is 673. The zero-order valence-electron chi connectivity index (χ0n) is 14.3. The maximum atomic E-state index is 12.1. The molecule has 0 saturated carbocycles. The van der Waals surface area contributed by atoms with Crippen molar-refractivity contribution in [2.45, 2.75) is 19.4 Å². The van der Waals surface area contributed by atoms with Gasteiger partial charge in [-0.1, -0.05) is 24.3 Å². The number of hydrogen-bond acceptors (Lipinski definition) is 4. The summed E-state index contributed by atoms with van der Waals surface area (Å²) in [5.41, 5.74) is 1.93. The first-order chi connectivity index (χ1) is 11.6. The fraction of sp³-hybridized carbons (Fsp3) is 0.316. The van der Waals surface area contributed by atoms with Crippen molar-refractivity contribution in [1.82, 2.24) is 5.32 Å². The molecule has 0 radical (unpaired) electrons. The minimum Gasteiger partial charge on any atom is -0.497 e. The number of hydrogen-bond donors (Lipinski definition) is 2. The third-order valence-corrected chi connectivity index (χ3v) is 3.63. The molecule has 2 N–H and O–H groups in total. The first-order valence-corrected chi connectivity index (χ1v) is 7.91. The van der Waals surface area contributed by atoms with Crippen LogP contribution in [0.25, 0.3) is 0 Å². The van der Waals surface area contributed by atoms with Crippen molar-refractivity contribution in [1.29, 1.82) is 0 Å². The summed E-state index contributed by atoms with van der Waals surface area (Å²) in [6.45, 7) is 2.18. The lowest BCUT2D eigenvalue weighted by atomic mass is 10.1. The molecule has 5 nitrogen and oxygen atoms in total. The van der Waals surface area contributed by atoms with Gasteiger partial charge in [-0.25, -0.2) is 0 Å². The zero-order chi connectivity index (χ0) is 17.4. The predicted octanol–water partition coefficient (Wildman–Crippen LogP) is 2.86. The smallest absolute Gasteiger partial charge is 0.239 e. The van der Waals surface area contributed by atoms with E-state index in [0.717, 1.165) is 29.2 Å². The van der Waals surface area contributed by atoms with Crippen molar-refractivity contribution in [3.8, 4) is 11.5 Å². The van der Waals surface area contributed by atoms with Gasteiger partial charge in [-0.3, -0.25) is 4.79 Å². The second kappa shape index (κ2) is 8.82. The molecule has 0 aliphatic carbocycles. The molecule has 0 aromatic heterocycles. The lowest BCUT2D eigenvalue weighted by Crippen LogP contribution is -2.37. The molecule has 5 heteroatoms. The normalized spacial score (nSPS) is 11.5. The molecule has 2 aromatic rings. The Labute approximate surface area is 143 Å². The van der Waals surface area contributed by atoms with Gasteiger partial charge in [-0.05, 0) is 43.2 Å². The lowest BCUT2D eigenvalue weighted by Gasteiger charge is -2.16. The highest BCUT2D eigenvalue weighted by molar-refractivity contribution is 5.81. The van der Waals surface area contributed by atoms with Crippen LogP contribution in [0.5, 0.6) is 11.5 Å². The summed E-state index contributed by atoms with van der Waals surface area (Å²) in [4.78, 5) is 12.1. The van der Waals surface area contributed by atoms with Crippen LogP contribution >= 0.6 is 0 Å². The number of rotatable bonds is 8. The van der Waals surface area contributed by atoms with Gasteiger partial charge in [0.25, 0.3) is 0 Å². The second-order valence-corrected chi connectivity index (χ2v) is 5.58. The first kappa shape index (κ1) is 17.7. The summed E-state index contributed by atoms with van der Waals surface area (Å²) < 4.78 is 10.5. The van der Waals surface area contributed by atoms with Crippen LogP contribution in [0.3, 0.4) is 0 Å². The average Bonchev–Trinajstić information content (AvgIpc) is 2.60. The third-order valence-electron chi connectivity index (χ3n) is 3.63. The molecule has 1 amide bonds. The molecule has 24 heavy (non-hydrogen) atoms. The van der Waals surface area contributed by atoms with Gasteiger partial charge in [0.2, 0.25) is 5.91 Å². The SMILES string of the molecule is COc1cccc(C[C@H](C)NC(=O)CNc2ccccc2OC)c1. The highest BCUT2D eigenvalue weighted by atomic mass is 16.5. The number of ether oxygens (including phenoxy) is 2. The number of amides is 1. The summed E-state index contributed by atoms with van der Waals surface area (Å²) in [5, 5.41) is 6.08. The number of carbonyl (C=O) groups excluding carboxylic acids is 1. The fourth-order valence-electron chi connectivity index (χ4n) is 2.50. The Morgan fingerprint density at radius 3 is 2.62 bits per heavy atom. The number of benzene rings is 2. The Morgan fingerprint density at radius 2 is 1.88 bits per heavy atom. The molecule has 0 bridgehead atoms. The monoisotopic (exact) mass is 328 g/mol. The number of methoxy groups -OCH3 is 2. The molecule has 0 heterocycles. The van der Waals surface area contributed by atoms with Gasteiger partial charge < -0.3 is 20.1 Å². The van der Waals surface area contributed by atoms with E-state index in [0.29, 0.717) is 0 Å². The molecule has 0 spiro atoms. The number of nitrogens with one attached hydrogen (secondary N) is 2. The highest BCUT2D eigenvalue weighted by Crippen LogP contribution is 2.22. The van der Waals surface area contributed by atoms with E-state index in [4.69, 9.17) is 9.47 Å². The third kappa shape index (κ3) is 5.19. The van der Waals surface area contributed by atoms with Crippen molar-refractivity contribution in [3.05, 3.63) is 54.1 Å². The van der Waals surface area contributed by atoms with E-state index in [1.807, 2.05) is 55.5 Å². The molecular formula is C19H24N2O3. The lowest BCUT2D eigenvalue weighted by molar-refractivity contribution is -0.119. The summed E-state index contributed by atoms with van der Waals surface area (Å²) in [5.74, 6) is 1.48. The topological polar surface area (TPSA) is 59.6 Å². The van der Waals surface area contributed by atoms with E-state index >= 15 is 0 Å².